The van der Waals surface area contributed by atoms with Crippen LogP contribution in [0.15, 0.2) is 59.3 Å². The molecule has 1 aromatic rings. The minimum Gasteiger partial charge on any atom is -0.384 e. The topological polar surface area (TPSA) is 71.1 Å². The molecule has 2 rings (SSSR count). The van der Waals surface area contributed by atoms with Crippen LogP contribution in [0.4, 0.5) is 27.6 Å². The third-order valence-electron chi connectivity index (χ3n) is 3.46. The lowest BCUT2D eigenvalue weighted by Crippen LogP contribution is -2.20. The molecule has 0 radical (unpaired) electrons. The van der Waals surface area contributed by atoms with Crippen molar-refractivity contribution in [2.45, 2.75) is 18.8 Å². The Labute approximate surface area is 152 Å². The SMILES string of the molecule is N=C(N)/C=C(\Nc1ccc(F)cc1)C1=CC(F)CC(COCC(F)(F)F)=C1. The summed E-state index contributed by atoms with van der Waals surface area (Å²) in [6.45, 7) is -1.80. The van der Waals surface area contributed by atoms with Gasteiger partial charge < -0.3 is 15.8 Å². The first-order chi connectivity index (χ1) is 12.6. The molecule has 4 nitrogen and oxygen atoms in total. The highest BCUT2D eigenvalue weighted by molar-refractivity contribution is 5.90. The van der Waals surface area contributed by atoms with Gasteiger partial charge in [0, 0.05) is 23.9 Å². The van der Waals surface area contributed by atoms with E-state index in [0.717, 1.165) is 0 Å². The molecule has 9 heteroatoms. The standard InChI is InChI=1S/C18H18F5N3O/c19-13-1-3-15(4-2-13)26-16(8-17(24)25)12-5-11(6-14(20)7-12)9-27-10-18(21,22)23/h1-5,7-8,14,26H,6,9-10H2,(H3,24,25)/b16-8-. The summed E-state index contributed by atoms with van der Waals surface area (Å²) in [5.74, 6) is -0.757. The van der Waals surface area contributed by atoms with Crippen LogP contribution < -0.4 is 11.1 Å². The maximum absolute atomic E-state index is 14.0. The Morgan fingerprint density at radius 3 is 2.56 bits per heavy atom. The van der Waals surface area contributed by atoms with Crippen LogP contribution in [0.3, 0.4) is 0 Å². The van der Waals surface area contributed by atoms with Crippen LogP contribution in [0.1, 0.15) is 6.42 Å². The molecule has 1 atom stereocenters. The molecule has 1 aromatic carbocycles. The molecule has 4 N–H and O–H groups in total. The molecule has 0 saturated carbocycles. The number of ether oxygens (including phenoxy) is 1. The molecule has 0 aliphatic heterocycles. The normalized spacial score (nSPS) is 18.0. The highest BCUT2D eigenvalue weighted by Crippen LogP contribution is 2.27. The predicted molar refractivity (Wildman–Crippen MR) is 92.6 cm³/mol. The lowest BCUT2D eigenvalue weighted by molar-refractivity contribution is -0.171. The Morgan fingerprint density at radius 2 is 1.96 bits per heavy atom. The Morgan fingerprint density at radius 1 is 1.30 bits per heavy atom. The van der Waals surface area contributed by atoms with Gasteiger partial charge in [-0.2, -0.15) is 13.2 Å². The van der Waals surface area contributed by atoms with Gasteiger partial charge in [0.1, 0.15) is 24.4 Å². The van der Waals surface area contributed by atoms with Gasteiger partial charge in [-0.3, -0.25) is 5.41 Å². The average Bonchev–Trinajstić information content (AvgIpc) is 2.54. The van der Waals surface area contributed by atoms with Crippen molar-refractivity contribution in [3.8, 4) is 0 Å². The monoisotopic (exact) mass is 387 g/mol. The number of allylic oxidation sites excluding steroid dienone is 2. The number of rotatable bonds is 7. The second kappa shape index (κ2) is 8.81. The number of nitrogens with two attached hydrogens (primary N) is 1. The Hall–Kier alpha value is -2.68. The van der Waals surface area contributed by atoms with Gasteiger partial charge in [-0.05, 0) is 41.5 Å². The summed E-state index contributed by atoms with van der Waals surface area (Å²) in [4.78, 5) is 0. The first-order valence-corrected chi connectivity index (χ1v) is 7.91. The van der Waals surface area contributed by atoms with Crippen molar-refractivity contribution in [2.75, 3.05) is 18.5 Å². The fourth-order valence-electron chi connectivity index (χ4n) is 2.43. The number of nitrogens with one attached hydrogen (secondary N) is 2. The number of halogens is 5. The summed E-state index contributed by atoms with van der Waals surface area (Å²) in [5.41, 5.74) is 6.75. The van der Waals surface area contributed by atoms with Crippen molar-refractivity contribution in [3.63, 3.8) is 0 Å². The van der Waals surface area contributed by atoms with Crippen LogP contribution in [0, 0.1) is 11.2 Å². The maximum atomic E-state index is 14.0. The summed E-state index contributed by atoms with van der Waals surface area (Å²) in [6, 6.07) is 5.31. The molecule has 27 heavy (non-hydrogen) atoms. The van der Waals surface area contributed by atoms with Crippen LogP contribution in [-0.4, -0.2) is 31.4 Å². The second-order valence-corrected chi connectivity index (χ2v) is 5.90. The molecular weight excluding hydrogens is 369 g/mol. The molecule has 0 aromatic heterocycles. The predicted octanol–water partition coefficient (Wildman–Crippen LogP) is 4.23. The van der Waals surface area contributed by atoms with E-state index in [4.69, 9.17) is 11.1 Å². The zero-order chi connectivity index (χ0) is 20.0. The lowest BCUT2D eigenvalue weighted by Gasteiger charge is -2.20. The van der Waals surface area contributed by atoms with Crippen LogP contribution >= 0.6 is 0 Å². The minimum absolute atomic E-state index is 0.0920. The van der Waals surface area contributed by atoms with E-state index in [1.807, 2.05) is 0 Å². The number of amidine groups is 1. The number of hydrogen-bond acceptors (Lipinski definition) is 3. The number of hydrogen-bond donors (Lipinski definition) is 3. The van der Waals surface area contributed by atoms with Crippen LogP contribution in [0.25, 0.3) is 0 Å². The van der Waals surface area contributed by atoms with Crippen molar-refractivity contribution >= 4 is 11.5 Å². The molecular formula is C18H18F5N3O. The van der Waals surface area contributed by atoms with E-state index in [1.165, 1.54) is 42.5 Å². The Balaban J connectivity index is 2.20. The molecule has 0 bridgehead atoms. The van der Waals surface area contributed by atoms with Crippen molar-refractivity contribution in [1.82, 2.24) is 0 Å². The lowest BCUT2D eigenvalue weighted by atomic mass is 9.96. The minimum atomic E-state index is -4.47. The van der Waals surface area contributed by atoms with Gasteiger partial charge in [0.05, 0.1) is 6.61 Å². The Kier molecular flexibility index (Phi) is 6.73. The highest BCUT2D eigenvalue weighted by Gasteiger charge is 2.28. The van der Waals surface area contributed by atoms with E-state index < -0.39 is 24.8 Å². The second-order valence-electron chi connectivity index (χ2n) is 5.90. The molecule has 0 amide bonds. The zero-order valence-corrected chi connectivity index (χ0v) is 14.1. The summed E-state index contributed by atoms with van der Waals surface area (Å²) in [5, 5.41) is 10.3. The first kappa shape index (κ1) is 20.6. The van der Waals surface area contributed by atoms with Crippen LogP contribution in [0.5, 0.6) is 0 Å². The van der Waals surface area contributed by atoms with E-state index in [9.17, 15) is 22.0 Å². The van der Waals surface area contributed by atoms with Crippen LogP contribution in [0.2, 0.25) is 0 Å². The average molecular weight is 387 g/mol. The molecule has 0 saturated heterocycles. The molecule has 1 unspecified atom stereocenters. The molecule has 1 aliphatic rings. The molecule has 1 aliphatic carbocycles. The number of benzene rings is 1. The number of alkyl halides is 4. The molecule has 146 valence electrons. The summed E-state index contributed by atoms with van der Waals surface area (Å²) in [6.07, 6.45) is -2.01. The molecule has 0 heterocycles. The van der Waals surface area contributed by atoms with Gasteiger partial charge in [-0.25, -0.2) is 8.78 Å². The first-order valence-electron chi connectivity index (χ1n) is 7.91. The van der Waals surface area contributed by atoms with E-state index in [-0.39, 0.29) is 24.6 Å². The maximum Gasteiger partial charge on any atom is 0.411 e. The highest BCUT2D eigenvalue weighted by atomic mass is 19.4. The summed E-state index contributed by atoms with van der Waals surface area (Å²) < 4.78 is 68.3. The number of anilines is 1. The van der Waals surface area contributed by atoms with Crippen molar-refractivity contribution in [2.24, 2.45) is 5.73 Å². The quantitative estimate of drug-likeness (QED) is 0.373. The summed E-state index contributed by atoms with van der Waals surface area (Å²) >= 11 is 0. The third kappa shape index (κ3) is 7.22. The zero-order valence-electron chi connectivity index (χ0n) is 14.1. The van der Waals surface area contributed by atoms with E-state index in [0.29, 0.717) is 16.8 Å². The van der Waals surface area contributed by atoms with Gasteiger partial charge in [0.15, 0.2) is 0 Å². The van der Waals surface area contributed by atoms with Crippen molar-refractivity contribution in [3.05, 3.63) is 65.2 Å². The van der Waals surface area contributed by atoms with Gasteiger partial charge in [-0.15, -0.1) is 0 Å². The van der Waals surface area contributed by atoms with Gasteiger partial charge >= 0.3 is 6.18 Å². The fraction of sp³-hybridized carbons (Fsp3) is 0.278. The fourth-order valence-corrected chi connectivity index (χ4v) is 2.43. The smallest absolute Gasteiger partial charge is 0.384 e. The van der Waals surface area contributed by atoms with Gasteiger partial charge in [0.25, 0.3) is 0 Å². The molecule has 0 spiro atoms. The largest absolute Gasteiger partial charge is 0.411 e. The van der Waals surface area contributed by atoms with E-state index in [2.05, 4.69) is 10.1 Å². The van der Waals surface area contributed by atoms with Gasteiger partial charge in [-0.1, -0.05) is 6.08 Å². The van der Waals surface area contributed by atoms with Crippen molar-refractivity contribution in [1.29, 1.82) is 5.41 Å². The van der Waals surface area contributed by atoms with E-state index >= 15 is 0 Å². The van der Waals surface area contributed by atoms with Gasteiger partial charge in [0.2, 0.25) is 0 Å². The Bertz CT molecular complexity index is 766. The molecule has 0 fully saturated rings. The third-order valence-corrected chi connectivity index (χ3v) is 3.46. The van der Waals surface area contributed by atoms with Crippen LogP contribution in [-0.2, 0) is 4.74 Å². The van der Waals surface area contributed by atoms with Crippen molar-refractivity contribution < 1.29 is 26.7 Å². The summed E-state index contributed by atoms with van der Waals surface area (Å²) in [7, 11) is 0. The van der Waals surface area contributed by atoms with E-state index in [1.54, 1.807) is 0 Å².